The number of carbonyl (C=O) groups is 2. The zero-order chi connectivity index (χ0) is 34.2. The van der Waals surface area contributed by atoms with Crippen LogP contribution in [0.15, 0.2) is 84.9 Å². The van der Waals surface area contributed by atoms with E-state index in [-0.39, 0.29) is 17.6 Å². The van der Waals surface area contributed by atoms with Gasteiger partial charge in [-0.2, -0.15) is 5.26 Å². The molecule has 49 heavy (non-hydrogen) atoms. The first-order chi connectivity index (χ1) is 23.7. The lowest BCUT2D eigenvalue weighted by Gasteiger charge is -2.30. The molecule has 3 aliphatic rings. The molecule has 0 spiro atoms. The Kier molecular flexibility index (Phi) is 8.49. The highest BCUT2D eigenvalue weighted by molar-refractivity contribution is 6.31. The van der Waals surface area contributed by atoms with Crippen molar-refractivity contribution in [2.45, 2.75) is 26.3 Å². The van der Waals surface area contributed by atoms with E-state index in [1.54, 1.807) is 54.6 Å². The molecule has 8 bridgehead atoms. The number of hydrogen-bond donors (Lipinski definition) is 1. The van der Waals surface area contributed by atoms with Gasteiger partial charge in [0.15, 0.2) is 0 Å². The lowest BCUT2D eigenvalue weighted by Crippen LogP contribution is -2.36. The Labute approximate surface area is 289 Å². The molecule has 10 heteroatoms. The molecule has 3 aliphatic heterocycles. The molecule has 1 aromatic heterocycles. The summed E-state index contributed by atoms with van der Waals surface area (Å²) in [5.41, 5.74) is 6.11. The van der Waals surface area contributed by atoms with Gasteiger partial charge in [-0.1, -0.05) is 23.7 Å². The number of aromatic nitrogens is 1. The molecule has 9 nitrogen and oxygen atoms in total. The number of benzene rings is 4. The van der Waals surface area contributed by atoms with Crippen LogP contribution in [0.3, 0.4) is 0 Å². The molecule has 0 saturated carbocycles. The van der Waals surface area contributed by atoms with E-state index in [1.165, 1.54) is 17.0 Å². The van der Waals surface area contributed by atoms with E-state index in [0.717, 1.165) is 16.9 Å². The van der Waals surface area contributed by atoms with Gasteiger partial charge in [0.2, 0.25) is 0 Å². The molecular formula is C39H33ClN4O5. The molecule has 0 radical (unpaired) electrons. The number of fused-ring (bicyclic) bond motifs is 6. The van der Waals surface area contributed by atoms with Crippen molar-refractivity contribution in [2.24, 2.45) is 7.05 Å². The maximum absolute atomic E-state index is 14.7. The van der Waals surface area contributed by atoms with Gasteiger partial charge in [0, 0.05) is 71.4 Å². The minimum atomic E-state index is -0.372. The van der Waals surface area contributed by atoms with Crippen molar-refractivity contribution in [1.82, 2.24) is 9.47 Å². The van der Waals surface area contributed by atoms with Gasteiger partial charge in [-0.15, -0.1) is 0 Å². The zero-order valence-electron chi connectivity index (χ0n) is 27.1. The summed E-state index contributed by atoms with van der Waals surface area (Å²) in [6, 6.07) is 26.4. The number of nitriles is 1. The van der Waals surface area contributed by atoms with Gasteiger partial charge in [0.1, 0.15) is 17.2 Å². The molecule has 0 unspecified atom stereocenters. The Balaban J connectivity index is 1.40. The summed E-state index contributed by atoms with van der Waals surface area (Å²) in [6.45, 7) is 3.53. The predicted molar refractivity (Wildman–Crippen MR) is 187 cm³/mol. The fraction of sp³-hybridized carbons (Fsp3) is 0.205. The summed E-state index contributed by atoms with van der Waals surface area (Å²) in [7, 11) is 1.85. The van der Waals surface area contributed by atoms with Crippen LogP contribution in [0.1, 0.15) is 49.5 Å². The summed E-state index contributed by atoms with van der Waals surface area (Å²) >= 11 is 6.54. The normalized spacial score (nSPS) is 14.7. The number of amides is 2. The van der Waals surface area contributed by atoms with Gasteiger partial charge in [-0.3, -0.25) is 14.5 Å². The minimum Gasteiger partial charge on any atom is -0.508 e. The van der Waals surface area contributed by atoms with E-state index >= 15 is 0 Å². The maximum Gasteiger partial charge on any atom is 0.264 e. The lowest BCUT2D eigenvalue weighted by atomic mass is 9.96. The fourth-order valence-corrected chi connectivity index (χ4v) is 6.71. The second-order valence-corrected chi connectivity index (χ2v) is 12.6. The highest BCUT2D eigenvalue weighted by Crippen LogP contribution is 2.37. The van der Waals surface area contributed by atoms with Crippen molar-refractivity contribution < 1.29 is 24.2 Å². The second kappa shape index (κ2) is 13.1. The Morgan fingerprint density at radius 3 is 2.45 bits per heavy atom. The Hall–Kier alpha value is -5.72. The SMILES string of the molecule is Cc1c2cc(n1C)-c1cc(Cl)ccc1C(=O)N1CCc3c(cccc3OCCCOc3cc(C#N)cc(c3)N(c3ccc(O)cc3)C2=O)C1. The molecule has 0 aliphatic carbocycles. The van der Waals surface area contributed by atoms with Crippen molar-refractivity contribution in [3.8, 4) is 34.6 Å². The number of phenols is 1. The molecule has 5 aromatic rings. The molecule has 2 amide bonds. The number of rotatable bonds is 1. The third-order valence-electron chi connectivity index (χ3n) is 9.17. The number of aromatic hydroxyl groups is 1. The minimum absolute atomic E-state index is 0.0463. The van der Waals surface area contributed by atoms with Crippen molar-refractivity contribution in [2.75, 3.05) is 24.7 Å². The first-order valence-electron chi connectivity index (χ1n) is 16.0. The van der Waals surface area contributed by atoms with Gasteiger partial charge < -0.3 is 24.0 Å². The summed E-state index contributed by atoms with van der Waals surface area (Å²) in [4.78, 5) is 32.2. The molecule has 246 valence electrons. The summed E-state index contributed by atoms with van der Waals surface area (Å²) in [6.07, 6.45) is 1.22. The van der Waals surface area contributed by atoms with Gasteiger partial charge in [-0.25, -0.2) is 0 Å². The van der Waals surface area contributed by atoms with Crippen LogP contribution in [-0.4, -0.2) is 46.1 Å². The number of ether oxygens (including phenoxy) is 2. The van der Waals surface area contributed by atoms with E-state index in [0.29, 0.717) is 94.9 Å². The third-order valence-corrected chi connectivity index (χ3v) is 9.40. The smallest absolute Gasteiger partial charge is 0.264 e. The molecule has 0 fully saturated rings. The van der Waals surface area contributed by atoms with E-state index < -0.39 is 0 Å². The van der Waals surface area contributed by atoms with E-state index in [1.807, 2.05) is 41.6 Å². The number of phenolic OH excluding ortho intramolecular Hbond substituents is 1. The third kappa shape index (κ3) is 6.07. The largest absolute Gasteiger partial charge is 0.508 e. The topological polar surface area (TPSA) is 108 Å². The molecule has 0 saturated heterocycles. The van der Waals surface area contributed by atoms with Crippen molar-refractivity contribution in [1.29, 1.82) is 5.26 Å². The van der Waals surface area contributed by atoms with Crippen LogP contribution in [0.4, 0.5) is 11.4 Å². The quantitative estimate of drug-likeness (QED) is 0.197. The average molecular weight is 673 g/mol. The molecule has 4 aromatic carbocycles. The van der Waals surface area contributed by atoms with E-state index in [9.17, 15) is 20.0 Å². The molecule has 4 heterocycles. The number of halogens is 1. The number of carbonyl (C=O) groups excluding carboxylic acids is 2. The van der Waals surface area contributed by atoms with Crippen molar-refractivity contribution >= 4 is 34.8 Å². The molecule has 8 rings (SSSR count). The zero-order valence-corrected chi connectivity index (χ0v) is 27.8. The van der Waals surface area contributed by atoms with Crippen LogP contribution in [0, 0.1) is 18.3 Å². The number of anilines is 2. The second-order valence-electron chi connectivity index (χ2n) is 12.2. The first kappa shape index (κ1) is 31.9. The van der Waals surface area contributed by atoms with Gasteiger partial charge in [0.25, 0.3) is 11.8 Å². The predicted octanol–water partition coefficient (Wildman–Crippen LogP) is 7.57. The number of nitrogens with zero attached hydrogens (tertiary/aromatic N) is 4. The first-order valence-corrected chi connectivity index (χ1v) is 16.4. The average Bonchev–Trinajstić information content (AvgIpc) is 3.41. The van der Waals surface area contributed by atoms with Crippen LogP contribution >= 0.6 is 11.6 Å². The highest BCUT2D eigenvalue weighted by atomic mass is 35.5. The Bertz CT molecular complexity index is 2150. The molecular weight excluding hydrogens is 640 g/mol. The lowest BCUT2D eigenvalue weighted by molar-refractivity contribution is 0.0734. The van der Waals surface area contributed by atoms with Crippen molar-refractivity contribution in [3.05, 3.63) is 123 Å². The van der Waals surface area contributed by atoms with Gasteiger partial charge >= 0.3 is 0 Å². The van der Waals surface area contributed by atoms with Crippen LogP contribution in [-0.2, 0) is 20.0 Å². The Morgan fingerprint density at radius 2 is 1.65 bits per heavy atom. The Morgan fingerprint density at radius 1 is 0.857 bits per heavy atom. The van der Waals surface area contributed by atoms with Crippen LogP contribution < -0.4 is 14.4 Å². The monoisotopic (exact) mass is 672 g/mol. The van der Waals surface area contributed by atoms with Crippen LogP contribution in [0.5, 0.6) is 17.2 Å². The van der Waals surface area contributed by atoms with E-state index in [4.69, 9.17) is 21.1 Å². The van der Waals surface area contributed by atoms with Crippen molar-refractivity contribution in [3.63, 3.8) is 0 Å². The summed E-state index contributed by atoms with van der Waals surface area (Å²) in [5.74, 6) is 0.769. The highest BCUT2D eigenvalue weighted by Gasteiger charge is 2.29. The van der Waals surface area contributed by atoms with Crippen LogP contribution in [0.25, 0.3) is 11.3 Å². The van der Waals surface area contributed by atoms with Gasteiger partial charge in [0.05, 0.1) is 36.1 Å². The molecule has 0 atom stereocenters. The maximum atomic E-state index is 14.7. The summed E-state index contributed by atoms with van der Waals surface area (Å²) < 4.78 is 14.2. The summed E-state index contributed by atoms with van der Waals surface area (Å²) in [5, 5.41) is 20.5. The standard InChI is InChI=1S/C39H33ClN4O5/c1-24-34-21-36(42(24)2)35-19-27(40)7-12-33(35)38(46)43-14-13-32-26(23-43)5-3-6-37(32)49-16-4-15-48-31-18-25(22-41)17-29(20-31)44(39(34)47)28-8-10-30(45)11-9-28/h3,5-12,17-21,45H,4,13-16,23H2,1-2H3. The van der Waals surface area contributed by atoms with Gasteiger partial charge in [-0.05, 0) is 85.6 Å². The van der Waals surface area contributed by atoms with E-state index in [2.05, 4.69) is 6.07 Å². The fourth-order valence-electron chi connectivity index (χ4n) is 6.54. The number of hydrogen-bond acceptors (Lipinski definition) is 6. The molecule has 1 N–H and O–H groups in total. The van der Waals surface area contributed by atoms with Crippen LogP contribution in [0.2, 0.25) is 5.02 Å².